The summed E-state index contributed by atoms with van der Waals surface area (Å²) < 4.78 is 48.5. The Hall–Kier alpha value is -4.51. The predicted molar refractivity (Wildman–Crippen MR) is 131 cm³/mol. The van der Waals surface area contributed by atoms with Crippen LogP contribution in [-0.4, -0.2) is 21.1 Å². The number of fused-ring (bicyclic) bond motifs is 1. The van der Waals surface area contributed by atoms with Crippen LogP contribution in [0.25, 0.3) is 28.3 Å². The van der Waals surface area contributed by atoms with Gasteiger partial charge in [-0.3, -0.25) is 4.40 Å². The molecule has 0 aliphatic heterocycles. The number of hydrogen-bond acceptors (Lipinski definition) is 3. The minimum absolute atomic E-state index is 0.534. The fraction of sp³-hybridized carbons (Fsp3) is 0.143. The number of alkyl halides is 3. The molecule has 0 amide bonds. The molecule has 0 bridgehead atoms. The monoisotopic (exact) mass is 486 g/mol. The Kier molecular flexibility index (Phi) is 5.77. The summed E-state index contributed by atoms with van der Waals surface area (Å²) in [5.41, 5.74) is 4.67. The fourth-order valence-electron chi connectivity index (χ4n) is 4.28. The Morgan fingerprint density at radius 2 is 1.56 bits per heavy atom. The van der Waals surface area contributed by atoms with Gasteiger partial charge in [-0.15, -0.1) is 0 Å². The van der Waals surface area contributed by atoms with Gasteiger partial charge < -0.3 is 9.30 Å². The van der Waals surface area contributed by atoms with Gasteiger partial charge in [-0.25, -0.2) is 4.98 Å². The second-order valence-corrected chi connectivity index (χ2v) is 8.44. The van der Waals surface area contributed by atoms with Crippen LogP contribution in [0.1, 0.15) is 22.4 Å². The first kappa shape index (κ1) is 23.2. The molecule has 0 unspecified atom stereocenters. The molecular weight excluding hydrogens is 465 g/mol. The Bertz CT molecular complexity index is 1570. The fourth-order valence-corrected chi connectivity index (χ4v) is 4.28. The lowest BCUT2D eigenvalue weighted by atomic mass is 10.1. The molecule has 0 N–H and O–H groups in total. The van der Waals surface area contributed by atoms with E-state index in [4.69, 9.17) is 9.72 Å². The highest BCUT2D eigenvalue weighted by Crippen LogP contribution is 2.34. The molecule has 0 aliphatic carbocycles. The van der Waals surface area contributed by atoms with Crippen molar-refractivity contribution in [2.24, 2.45) is 0 Å². The Balaban J connectivity index is 1.64. The number of rotatable bonds is 5. The normalized spacial score (nSPS) is 11.6. The number of nitrogens with zero attached hydrogens (tertiary/aromatic N) is 4. The van der Waals surface area contributed by atoms with Gasteiger partial charge >= 0.3 is 6.18 Å². The summed E-state index contributed by atoms with van der Waals surface area (Å²) >= 11 is 0. The summed E-state index contributed by atoms with van der Waals surface area (Å²) in [6.07, 6.45) is -2.40. The van der Waals surface area contributed by atoms with Crippen LogP contribution in [0.4, 0.5) is 13.2 Å². The lowest BCUT2D eigenvalue weighted by Crippen LogP contribution is -2.04. The minimum Gasteiger partial charge on any atom is -0.497 e. The van der Waals surface area contributed by atoms with Crippen molar-refractivity contribution in [3.8, 4) is 34.3 Å². The maximum Gasteiger partial charge on any atom is 0.416 e. The molecule has 5 aromatic rings. The highest BCUT2D eigenvalue weighted by Gasteiger charge is 2.30. The van der Waals surface area contributed by atoms with Crippen molar-refractivity contribution in [1.82, 2.24) is 14.0 Å². The third-order valence-corrected chi connectivity index (χ3v) is 6.17. The van der Waals surface area contributed by atoms with E-state index in [0.29, 0.717) is 29.1 Å². The molecule has 2 heterocycles. The smallest absolute Gasteiger partial charge is 0.416 e. The van der Waals surface area contributed by atoms with Crippen LogP contribution >= 0.6 is 0 Å². The number of nitriles is 1. The summed E-state index contributed by atoms with van der Waals surface area (Å²) in [5, 5.41) is 9.17. The summed E-state index contributed by atoms with van der Waals surface area (Å²) in [5.74, 6) is 1.42. The lowest BCUT2D eigenvalue weighted by Gasteiger charge is -2.07. The van der Waals surface area contributed by atoms with Crippen molar-refractivity contribution in [2.45, 2.75) is 19.6 Å². The van der Waals surface area contributed by atoms with E-state index in [1.807, 2.05) is 58.5 Å². The van der Waals surface area contributed by atoms with Crippen molar-refractivity contribution < 1.29 is 17.9 Å². The molecule has 2 aromatic heterocycles. The molecule has 5 nitrogen and oxygen atoms in total. The third-order valence-electron chi connectivity index (χ3n) is 6.17. The first-order chi connectivity index (χ1) is 17.3. The molecule has 0 fully saturated rings. The number of imidazole rings is 2. The first-order valence-electron chi connectivity index (χ1n) is 11.2. The summed E-state index contributed by atoms with van der Waals surface area (Å²) in [4.78, 5) is 4.85. The predicted octanol–water partition coefficient (Wildman–Crippen LogP) is 6.73. The van der Waals surface area contributed by atoms with Gasteiger partial charge in [0.25, 0.3) is 0 Å². The number of hydrogen-bond donors (Lipinski definition) is 0. The van der Waals surface area contributed by atoms with Gasteiger partial charge in [0.15, 0.2) is 0 Å². The molecule has 8 heteroatoms. The van der Waals surface area contributed by atoms with Crippen LogP contribution in [0.5, 0.6) is 5.75 Å². The van der Waals surface area contributed by atoms with Gasteiger partial charge in [0.1, 0.15) is 5.75 Å². The summed E-state index contributed by atoms with van der Waals surface area (Å²) in [7, 11) is 1.62. The van der Waals surface area contributed by atoms with E-state index < -0.39 is 11.7 Å². The van der Waals surface area contributed by atoms with E-state index in [1.54, 1.807) is 19.2 Å². The molecule has 0 saturated heterocycles. The van der Waals surface area contributed by atoms with Crippen LogP contribution in [0, 0.1) is 18.3 Å². The van der Waals surface area contributed by atoms with Crippen molar-refractivity contribution in [3.63, 3.8) is 0 Å². The van der Waals surface area contributed by atoms with Crippen molar-refractivity contribution in [2.75, 3.05) is 7.11 Å². The van der Waals surface area contributed by atoms with Crippen LogP contribution in [0.3, 0.4) is 0 Å². The second-order valence-electron chi connectivity index (χ2n) is 8.44. The maximum atomic E-state index is 13.1. The molecule has 180 valence electrons. The summed E-state index contributed by atoms with van der Waals surface area (Å²) in [6, 6.07) is 22.2. The molecule has 0 saturated carbocycles. The topological polar surface area (TPSA) is 55.2 Å². The zero-order chi connectivity index (χ0) is 25.4. The molecule has 36 heavy (non-hydrogen) atoms. The Labute approximate surface area is 205 Å². The summed E-state index contributed by atoms with van der Waals surface area (Å²) in [6.45, 7) is 2.44. The molecule has 0 aliphatic rings. The van der Waals surface area contributed by atoms with Gasteiger partial charge in [0, 0.05) is 23.0 Å². The lowest BCUT2D eigenvalue weighted by molar-refractivity contribution is -0.137. The van der Waals surface area contributed by atoms with Gasteiger partial charge in [-0.05, 0) is 48.9 Å². The molecule has 3 aromatic carbocycles. The number of halogens is 3. The quantitative estimate of drug-likeness (QED) is 0.277. The zero-order valence-corrected chi connectivity index (χ0v) is 19.5. The standard InChI is InChI=1S/C28H21F3N4O/c1-18-26(22-9-11-23(12-10-22)28(29,30)31)33-27-34(16-20-5-13-24(36-2)14-6-20)17-25(35(18)27)21-7-3-19(15-32)4-8-21/h3-14,17H,16H2,1-2H3. The zero-order valence-electron chi connectivity index (χ0n) is 19.5. The first-order valence-corrected chi connectivity index (χ1v) is 11.2. The van der Waals surface area contributed by atoms with Gasteiger partial charge in [-0.1, -0.05) is 36.4 Å². The van der Waals surface area contributed by atoms with Gasteiger partial charge in [-0.2, -0.15) is 18.4 Å². The maximum absolute atomic E-state index is 13.1. The highest BCUT2D eigenvalue weighted by atomic mass is 19.4. The second kappa shape index (κ2) is 8.93. The van der Waals surface area contributed by atoms with Crippen LogP contribution < -0.4 is 4.74 Å². The van der Waals surface area contributed by atoms with E-state index in [-0.39, 0.29) is 0 Å². The van der Waals surface area contributed by atoms with Crippen LogP contribution in [0.15, 0.2) is 79.0 Å². The molecule has 5 rings (SSSR count). The van der Waals surface area contributed by atoms with Crippen molar-refractivity contribution >= 4 is 5.78 Å². The van der Waals surface area contributed by atoms with Gasteiger partial charge in [0.05, 0.1) is 42.2 Å². The highest BCUT2D eigenvalue weighted by molar-refractivity contribution is 5.71. The van der Waals surface area contributed by atoms with Crippen LogP contribution in [-0.2, 0) is 12.7 Å². The minimum atomic E-state index is -4.40. The number of aryl methyl sites for hydroxylation is 1. The third kappa shape index (κ3) is 4.20. The number of ether oxygens (including phenoxy) is 1. The number of aromatic nitrogens is 3. The molecule has 0 radical (unpaired) electrons. The molecule has 0 atom stereocenters. The molecule has 0 spiro atoms. The number of benzene rings is 3. The van der Waals surface area contributed by atoms with E-state index in [1.165, 1.54) is 12.1 Å². The Morgan fingerprint density at radius 3 is 2.14 bits per heavy atom. The Morgan fingerprint density at radius 1 is 0.917 bits per heavy atom. The SMILES string of the molecule is COc1ccc(Cn2cc(-c3ccc(C#N)cc3)n3c(C)c(-c4ccc(C(F)(F)F)cc4)nc23)cc1. The van der Waals surface area contributed by atoms with Crippen LogP contribution in [0.2, 0.25) is 0 Å². The van der Waals surface area contributed by atoms with Gasteiger partial charge in [0.2, 0.25) is 5.78 Å². The largest absolute Gasteiger partial charge is 0.497 e. The average Bonchev–Trinajstić information content (AvgIpc) is 3.41. The van der Waals surface area contributed by atoms with E-state index in [2.05, 4.69) is 6.07 Å². The van der Waals surface area contributed by atoms with E-state index in [9.17, 15) is 18.4 Å². The van der Waals surface area contributed by atoms with Crippen molar-refractivity contribution in [3.05, 3.63) is 101 Å². The van der Waals surface area contributed by atoms with Crippen molar-refractivity contribution in [1.29, 1.82) is 5.26 Å². The average molecular weight is 486 g/mol. The van der Waals surface area contributed by atoms with E-state index in [0.717, 1.165) is 40.4 Å². The van der Waals surface area contributed by atoms with E-state index >= 15 is 0 Å². The molecular formula is C28H21F3N4O. The number of methoxy groups -OCH3 is 1.